The molecule has 0 radical (unpaired) electrons. The van der Waals surface area contributed by atoms with Crippen molar-refractivity contribution in [3.63, 3.8) is 0 Å². The van der Waals surface area contributed by atoms with Crippen molar-refractivity contribution in [2.75, 3.05) is 32.8 Å². The van der Waals surface area contributed by atoms with Crippen LogP contribution in [0, 0.1) is 0 Å². The van der Waals surface area contributed by atoms with Gasteiger partial charge in [-0.05, 0) is 17.7 Å². The number of benzene rings is 1. The number of amides is 2. The molecule has 1 atom stereocenters. The first-order valence-electron chi connectivity index (χ1n) is 8.72. The van der Waals surface area contributed by atoms with Gasteiger partial charge in [-0.25, -0.2) is 4.79 Å². The van der Waals surface area contributed by atoms with Gasteiger partial charge in [0, 0.05) is 45.1 Å². The first-order valence-corrected chi connectivity index (χ1v) is 8.72. The lowest BCUT2D eigenvalue weighted by Crippen LogP contribution is -2.46. The van der Waals surface area contributed by atoms with Crippen molar-refractivity contribution in [2.24, 2.45) is 7.05 Å². The Bertz CT molecular complexity index is 665. The van der Waals surface area contributed by atoms with E-state index >= 15 is 0 Å². The summed E-state index contributed by atoms with van der Waals surface area (Å²) in [5.74, 6) is 0. The molecule has 1 aromatic heterocycles. The van der Waals surface area contributed by atoms with Crippen LogP contribution in [-0.2, 0) is 18.3 Å². The van der Waals surface area contributed by atoms with E-state index < -0.39 is 0 Å². The highest BCUT2D eigenvalue weighted by molar-refractivity contribution is 5.73. The number of nitrogens with zero attached hydrogens (tertiary/aromatic N) is 2. The molecule has 0 aliphatic carbocycles. The Balaban J connectivity index is 1.56. The lowest BCUT2D eigenvalue weighted by atomic mass is 10.1. The molecule has 2 aromatic rings. The number of aromatic nitrogens is 1. The second-order valence-electron chi connectivity index (χ2n) is 6.26. The monoisotopic (exact) mass is 342 g/mol. The van der Waals surface area contributed by atoms with Crippen LogP contribution in [0.5, 0.6) is 0 Å². The summed E-state index contributed by atoms with van der Waals surface area (Å²) in [4.78, 5) is 14.6. The zero-order valence-corrected chi connectivity index (χ0v) is 14.6. The van der Waals surface area contributed by atoms with E-state index in [1.807, 2.05) is 49.6 Å². The summed E-state index contributed by atoms with van der Waals surface area (Å²) in [6.07, 6.45) is 2.04. The molecule has 6 nitrogen and oxygen atoms in total. The van der Waals surface area contributed by atoms with Crippen LogP contribution in [0.3, 0.4) is 0 Å². The van der Waals surface area contributed by atoms with E-state index in [-0.39, 0.29) is 12.1 Å². The van der Waals surface area contributed by atoms with E-state index in [1.165, 1.54) is 5.69 Å². The van der Waals surface area contributed by atoms with Crippen molar-refractivity contribution in [3.05, 3.63) is 59.9 Å². The fourth-order valence-electron chi connectivity index (χ4n) is 3.16. The topological polar surface area (TPSA) is 58.5 Å². The third-order valence-electron chi connectivity index (χ3n) is 4.56. The minimum atomic E-state index is -0.142. The molecule has 6 heteroatoms. The highest BCUT2D eigenvalue weighted by Gasteiger charge is 2.24. The molecule has 1 aromatic carbocycles. The lowest BCUT2D eigenvalue weighted by Gasteiger charge is -2.34. The predicted octanol–water partition coefficient (Wildman–Crippen LogP) is 1.90. The zero-order chi connectivity index (χ0) is 17.5. The number of hydrogen-bond acceptors (Lipinski definition) is 3. The van der Waals surface area contributed by atoms with Gasteiger partial charge in [0.05, 0.1) is 19.3 Å². The molecule has 1 saturated heterocycles. The van der Waals surface area contributed by atoms with Gasteiger partial charge in [0.1, 0.15) is 0 Å². The average Bonchev–Trinajstić information content (AvgIpc) is 3.08. The third-order valence-corrected chi connectivity index (χ3v) is 4.56. The van der Waals surface area contributed by atoms with Crippen molar-refractivity contribution in [1.82, 2.24) is 20.1 Å². The number of urea groups is 1. The zero-order valence-electron chi connectivity index (χ0n) is 14.6. The van der Waals surface area contributed by atoms with Gasteiger partial charge in [0.2, 0.25) is 0 Å². The maximum absolute atomic E-state index is 12.2. The van der Waals surface area contributed by atoms with Crippen LogP contribution in [0.15, 0.2) is 48.7 Å². The molecule has 1 fully saturated rings. The van der Waals surface area contributed by atoms with Gasteiger partial charge in [0.25, 0.3) is 0 Å². The maximum Gasteiger partial charge on any atom is 0.315 e. The van der Waals surface area contributed by atoms with E-state index in [1.54, 1.807) is 0 Å². The molecular weight excluding hydrogens is 316 g/mol. The molecule has 2 heterocycles. The normalized spacial score (nSPS) is 16.4. The van der Waals surface area contributed by atoms with Gasteiger partial charge >= 0.3 is 6.03 Å². The fraction of sp³-hybridized carbons (Fsp3) is 0.421. The quantitative estimate of drug-likeness (QED) is 0.843. The number of morpholine rings is 1. The maximum atomic E-state index is 12.2. The van der Waals surface area contributed by atoms with Crippen LogP contribution in [0.25, 0.3) is 0 Å². The molecule has 3 rings (SSSR count). The Morgan fingerprint density at radius 3 is 2.56 bits per heavy atom. The lowest BCUT2D eigenvalue weighted by molar-refractivity contribution is 0.0153. The molecule has 2 N–H and O–H groups in total. The number of aryl methyl sites for hydroxylation is 1. The molecule has 2 amide bonds. The summed E-state index contributed by atoms with van der Waals surface area (Å²) >= 11 is 0. The highest BCUT2D eigenvalue weighted by Crippen LogP contribution is 2.21. The number of nitrogens with one attached hydrogen (secondary N) is 2. The molecule has 1 aliphatic heterocycles. The van der Waals surface area contributed by atoms with Gasteiger partial charge in [-0.3, -0.25) is 4.90 Å². The molecule has 25 heavy (non-hydrogen) atoms. The third kappa shape index (κ3) is 4.84. The summed E-state index contributed by atoms with van der Waals surface area (Å²) in [7, 11) is 2.04. The number of rotatable bonds is 6. The van der Waals surface area contributed by atoms with Crippen molar-refractivity contribution in [2.45, 2.75) is 12.6 Å². The van der Waals surface area contributed by atoms with E-state index in [0.29, 0.717) is 13.1 Å². The second kappa shape index (κ2) is 8.69. The predicted molar refractivity (Wildman–Crippen MR) is 97.2 cm³/mol. The van der Waals surface area contributed by atoms with Gasteiger partial charge in [-0.1, -0.05) is 30.3 Å². The molecule has 134 valence electrons. The molecular formula is C19H26N4O2. The summed E-state index contributed by atoms with van der Waals surface area (Å²) in [6, 6.07) is 14.1. The Kier molecular flexibility index (Phi) is 6.09. The fourth-order valence-corrected chi connectivity index (χ4v) is 3.16. The van der Waals surface area contributed by atoms with Gasteiger partial charge < -0.3 is 19.9 Å². The van der Waals surface area contributed by atoms with E-state index in [2.05, 4.69) is 26.2 Å². The van der Waals surface area contributed by atoms with Crippen molar-refractivity contribution < 1.29 is 9.53 Å². The van der Waals surface area contributed by atoms with E-state index in [9.17, 15) is 4.79 Å². The smallest absolute Gasteiger partial charge is 0.315 e. The summed E-state index contributed by atoms with van der Waals surface area (Å²) in [5.41, 5.74) is 2.29. The van der Waals surface area contributed by atoms with Crippen molar-refractivity contribution in [3.8, 4) is 0 Å². The minimum absolute atomic E-state index is 0.142. The van der Waals surface area contributed by atoms with Crippen LogP contribution in [0.1, 0.15) is 17.3 Å². The number of ether oxygens (including phenoxy) is 1. The molecule has 0 saturated carbocycles. The largest absolute Gasteiger partial charge is 0.379 e. The SMILES string of the molecule is Cn1cccc1[C@H](CNC(=O)NCc1ccccc1)N1CCOCC1. The van der Waals surface area contributed by atoms with Crippen LogP contribution >= 0.6 is 0 Å². The summed E-state index contributed by atoms with van der Waals surface area (Å²) < 4.78 is 7.58. The Morgan fingerprint density at radius 1 is 1.12 bits per heavy atom. The van der Waals surface area contributed by atoms with Gasteiger partial charge in [0.15, 0.2) is 0 Å². The van der Waals surface area contributed by atoms with Crippen LogP contribution in [0.2, 0.25) is 0 Å². The first kappa shape index (κ1) is 17.5. The molecule has 0 bridgehead atoms. The van der Waals surface area contributed by atoms with E-state index in [4.69, 9.17) is 4.74 Å². The molecule has 0 unspecified atom stereocenters. The minimum Gasteiger partial charge on any atom is -0.379 e. The Hall–Kier alpha value is -2.31. The van der Waals surface area contributed by atoms with Crippen LogP contribution < -0.4 is 10.6 Å². The molecule has 0 spiro atoms. The standard InChI is InChI=1S/C19H26N4O2/c1-22-9-5-8-17(22)18(23-10-12-25-13-11-23)15-21-19(24)20-14-16-6-3-2-4-7-16/h2-9,18H,10-15H2,1H3,(H2,20,21,24)/t18-/m0/s1. The first-order chi connectivity index (χ1) is 12.2. The summed E-state index contributed by atoms with van der Waals surface area (Å²) in [6.45, 7) is 4.33. The Labute approximate surface area is 148 Å². The van der Waals surface area contributed by atoms with E-state index in [0.717, 1.165) is 31.9 Å². The highest BCUT2D eigenvalue weighted by atomic mass is 16.5. The van der Waals surface area contributed by atoms with Crippen LogP contribution in [0.4, 0.5) is 4.79 Å². The van der Waals surface area contributed by atoms with Crippen molar-refractivity contribution >= 4 is 6.03 Å². The van der Waals surface area contributed by atoms with Gasteiger partial charge in [-0.15, -0.1) is 0 Å². The van der Waals surface area contributed by atoms with Gasteiger partial charge in [-0.2, -0.15) is 0 Å². The van der Waals surface area contributed by atoms with Crippen LogP contribution in [-0.4, -0.2) is 48.3 Å². The van der Waals surface area contributed by atoms with Crippen molar-refractivity contribution in [1.29, 1.82) is 0 Å². The second-order valence-corrected chi connectivity index (χ2v) is 6.26. The summed E-state index contributed by atoms with van der Waals surface area (Å²) in [5, 5.41) is 5.94. The Morgan fingerprint density at radius 2 is 1.88 bits per heavy atom. The average molecular weight is 342 g/mol. The number of carbonyl (C=O) groups excluding carboxylic acids is 1. The number of hydrogen-bond donors (Lipinski definition) is 2. The molecule has 1 aliphatic rings. The number of carbonyl (C=O) groups is 1.